The van der Waals surface area contributed by atoms with Crippen molar-refractivity contribution in [1.29, 1.82) is 0 Å². The van der Waals surface area contributed by atoms with E-state index in [2.05, 4.69) is 42.8 Å². The van der Waals surface area contributed by atoms with Crippen molar-refractivity contribution >= 4 is 11.3 Å². The zero-order valence-electron chi connectivity index (χ0n) is 15.3. The molecular formula is C19H24N6S. The Bertz CT molecular complexity index is 870. The van der Waals surface area contributed by atoms with Crippen LogP contribution in [0.25, 0.3) is 11.5 Å². The second kappa shape index (κ2) is 7.63. The van der Waals surface area contributed by atoms with Crippen LogP contribution in [0, 0.1) is 19.8 Å². The summed E-state index contributed by atoms with van der Waals surface area (Å²) in [4.78, 5) is 24.8. The standard InChI is InChI=1S/C19H24N6S/c1-13-8-20-19(24-13)17-7-16(21-11-22-17)6-15-4-3-5-25(9-15)10-18-14(2)23-12-26-18/h7-8,11-12,15H,3-6,9-10H2,1-2H3,(H,20,24)/t15-/m1/s1. The third kappa shape index (κ3) is 3.99. The Morgan fingerprint density at radius 3 is 2.92 bits per heavy atom. The van der Waals surface area contributed by atoms with Gasteiger partial charge in [-0.25, -0.2) is 19.9 Å². The van der Waals surface area contributed by atoms with Crippen molar-refractivity contribution in [2.75, 3.05) is 13.1 Å². The predicted octanol–water partition coefficient (Wildman–Crippen LogP) is 3.39. The maximum atomic E-state index is 4.50. The molecule has 136 valence electrons. The zero-order chi connectivity index (χ0) is 17.9. The first kappa shape index (κ1) is 17.3. The quantitative estimate of drug-likeness (QED) is 0.747. The number of hydrogen-bond acceptors (Lipinski definition) is 6. The van der Waals surface area contributed by atoms with Crippen molar-refractivity contribution in [2.45, 2.75) is 39.7 Å². The maximum absolute atomic E-state index is 4.50. The SMILES string of the molecule is Cc1cnc(-c2cc(C[C@H]3CCCN(Cc4scnc4C)C3)ncn2)[nH]1. The first-order valence-electron chi connectivity index (χ1n) is 9.11. The fourth-order valence-electron chi connectivity index (χ4n) is 3.62. The van der Waals surface area contributed by atoms with Gasteiger partial charge in [-0.05, 0) is 51.6 Å². The molecule has 3 aromatic rings. The maximum Gasteiger partial charge on any atom is 0.156 e. The Kier molecular flexibility index (Phi) is 5.08. The van der Waals surface area contributed by atoms with Gasteiger partial charge in [0.2, 0.25) is 0 Å². The topological polar surface area (TPSA) is 70.6 Å². The van der Waals surface area contributed by atoms with Gasteiger partial charge in [-0.2, -0.15) is 0 Å². The van der Waals surface area contributed by atoms with Gasteiger partial charge in [-0.3, -0.25) is 4.90 Å². The van der Waals surface area contributed by atoms with E-state index in [1.165, 1.54) is 30.0 Å². The number of aryl methyl sites for hydroxylation is 2. The van der Waals surface area contributed by atoms with Crippen molar-refractivity contribution in [1.82, 2.24) is 29.8 Å². The fraction of sp³-hybridized carbons (Fsp3) is 0.474. The molecule has 7 heteroatoms. The first-order valence-corrected chi connectivity index (χ1v) is 9.99. The molecule has 26 heavy (non-hydrogen) atoms. The molecule has 0 radical (unpaired) electrons. The van der Waals surface area contributed by atoms with Gasteiger partial charge in [-0.15, -0.1) is 11.3 Å². The minimum Gasteiger partial charge on any atom is -0.341 e. The normalized spacial score (nSPS) is 18.3. The number of imidazole rings is 1. The monoisotopic (exact) mass is 368 g/mol. The van der Waals surface area contributed by atoms with Crippen LogP contribution in [0.2, 0.25) is 0 Å². The van der Waals surface area contributed by atoms with Crippen molar-refractivity contribution in [3.8, 4) is 11.5 Å². The van der Waals surface area contributed by atoms with E-state index in [0.717, 1.165) is 42.4 Å². The highest BCUT2D eigenvalue weighted by Crippen LogP contribution is 2.24. The second-order valence-electron chi connectivity index (χ2n) is 7.12. The third-order valence-electron chi connectivity index (χ3n) is 4.98. The molecule has 4 rings (SSSR count). The van der Waals surface area contributed by atoms with Crippen LogP contribution in [-0.2, 0) is 13.0 Å². The third-order valence-corrected chi connectivity index (χ3v) is 5.90. The molecule has 4 heterocycles. The van der Waals surface area contributed by atoms with E-state index in [1.807, 2.05) is 18.6 Å². The van der Waals surface area contributed by atoms with Gasteiger partial charge in [0.25, 0.3) is 0 Å². The number of H-pyrrole nitrogens is 1. The molecule has 0 spiro atoms. The Morgan fingerprint density at radius 1 is 1.23 bits per heavy atom. The fourth-order valence-corrected chi connectivity index (χ4v) is 4.44. The summed E-state index contributed by atoms with van der Waals surface area (Å²) < 4.78 is 0. The van der Waals surface area contributed by atoms with Crippen molar-refractivity contribution in [3.63, 3.8) is 0 Å². The van der Waals surface area contributed by atoms with E-state index >= 15 is 0 Å². The Morgan fingerprint density at radius 2 is 2.15 bits per heavy atom. The highest BCUT2D eigenvalue weighted by atomic mass is 32.1. The van der Waals surface area contributed by atoms with Gasteiger partial charge >= 0.3 is 0 Å². The van der Waals surface area contributed by atoms with E-state index < -0.39 is 0 Å². The summed E-state index contributed by atoms with van der Waals surface area (Å²) in [7, 11) is 0. The summed E-state index contributed by atoms with van der Waals surface area (Å²) in [6, 6.07) is 2.07. The molecule has 1 N–H and O–H groups in total. The minimum atomic E-state index is 0.637. The molecule has 3 aromatic heterocycles. The molecule has 1 aliphatic rings. The average molecular weight is 369 g/mol. The van der Waals surface area contributed by atoms with Gasteiger partial charge in [0.1, 0.15) is 12.0 Å². The molecule has 0 saturated carbocycles. The molecule has 1 fully saturated rings. The Hall–Kier alpha value is -2.12. The van der Waals surface area contributed by atoms with E-state index in [4.69, 9.17) is 0 Å². The Labute approximate surface area is 157 Å². The van der Waals surface area contributed by atoms with E-state index in [-0.39, 0.29) is 0 Å². The molecule has 1 atom stereocenters. The van der Waals surface area contributed by atoms with E-state index in [1.54, 1.807) is 17.7 Å². The highest BCUT2D eigenvalue weighted by molar-refractivity contribution is 7.09. The van der Waals surface area contributed by atoms with Crippen LogP contribution in [0.3, 0.4) is 0 Å². The first-order chi connectivity index (χ1) is 12.7. The number of aromatic amines is 1. The molecule has 6 nitrogen and oxygen atoms in total. The highest BCUT2D eigenvalue weighted by Gasteiger charge is 2.22. The van der Waals surface area contributed by atoms with Gasteiger partial charge in [0, 0.05) is 35.6 Å². The van der Waals surface area contributed by atoms with Crippen LogP contribution < -0.4 is 0 Å². The zero-order valence-corrected chi connectivity index (χ0v) is 16.1. The lowest BCUT2D eigenvalue weighted by Crippen LogP contribution is -2.35. The molecular weight excluding hydrogens is 344 g/mol. The molecule has 1 aliphatic heterocycles. The van der Waals surface area contributed by atoms with Crippen LogP contribution in [-0.4, -0.2) is 42.9 Å². The number of nitrogens with zero attached hydrogens (tertiary/aromatic N) is 5. The van der Waals surface area contributed by atoms with Crippen LogP contribution in [0.5, 0.6) is 0 Å². The van der Waals surface area contributed by atoms with Gasteiger partial charge in [0.15, 0.2) is 5.82 Å². The lowest BCUT2D eigenvalue weighted by Gasteiger charge is -2.32. The number of hydrogen-bond donors (Lipinski definition) is 1. The van der Waals surface area contributed by atoms with Crippen molar-refractivity contribution in [3.05, 3.63) is 46.1 Å². The van der Waals surface area contributed by atoms with Crippen molar-refractivity contribution < 1.29 is 0 Å². The molecule has 0 aliphatic carbocycles. The smallest absolute Gasteiger partial charge is 0.156 e. The van der Waals surface area contributed by atoms with E-state index in [0.29, 0.717) is 5.92 Å². The molecule has 0 bridgehead atoms. The summed E-state index contributed by atoms with van der Waals surface area (Å²) in [5.74, 6) is 1.45. The second-order valence-corrected chi connectivity index (χ2v) is 8.06. The molecule has 1 saturated heterocycles. The summed E-state index contributed by atoms with van der Waals surface area (Å²) >= 11 is 1.77. The summed E-state index contributed by atoms with van der Waals surface area (Å²) in [6.07, 6.45) is 6.99. The number of likely N-dealkylation sites (tertiary alicyclic amines) is 1. The van der Waals surface area contributed by atoms with Crippen LogP contribution in [0.1, 0.15) is 34.8 Å². The number of piperidine rings is 1. The minimum absolute atomic E-state index is 0.637. The lowest BCUT2D eigenvalue weighted by atomic mass is 9.93. The molecule has 0 aromatic carbocycles. The number of aromatic nitrogens is 5. The van der Waals surface area contributed by atoms with Crippen LogP contribution in [0.4, 0.5) is 0 Å². The summed E-state index contributed by atoms with van der Waals surface area (Å²) in [6.45, 7) is 7.42. The molecule has 0 amide bonds. The number of nitrogens with one attached hydrogen (secondary N) is 1. The van der Waals surface area contributed by atoms with Gasteiger partial charge in [0.05, 0.1) is 11.2 Å². The lowest BCUT2D eigenvalue weighted by molar-refractivity contribution is 0.167. The average Bonchev–Trinajstić information content (AvgIpc) is 3.24. The summed E-state index contributed by atoms with van der Waals surface area (Å²) in [5.41, 5.74) is 6.14. The van der Waals surface area contributed by atoms with Crippen LogP contribution in [0.15, 0.2) is 24.1 Å². The van der Waals surface area contributed by atoms with E-state index in [9.17, 15) is 0 Å². The van der Waals surface area contributed by atoms with Crippen LogP contribution >= 0.6 is 11.3 Å². The number of rotatable bonds is 5. The predicted molar refractivity (Wildman–Crippen MR) is 103 cm³/mol. The van der Waals surface area contributed by atoms with Crippen molar-refractivity contribution in [2.24, 2.45) is 5.92 Å². The largest absolute Gasteiger partial charge is 0.341 e. The summed E-state index contributed by atoms with van der Waals surface area (Å²) in [5, 5.41) is 0. The molecule has 0 unspecified atom stereocenters. The number of thiazole rings is 1. The Balaban J connectivity index is 1.41. The van der Waals surface area contributed by atoms with Gasteiger partial charge < -0.3 is 4.98 Å². The van der Waals surface area contributed by atoms with Gasteiger partial charge in [-0.1, -0.05) is 0 Å².